The van der Waals surface area contributed by atoms with Crippen LogP contribution in [0.15, 0.2) is 6.33 Å². The van der Waals surface area contributed by atoms with Crippen LogP contribution in [0.1, 0.15) is 32.6 Å². The molecular weight excluding hydrogens is 182 g/mol. The van der Waals surface area contributed by atoms with Crippen LogP contribution in [0.2, 0.25) is 0 Å². The summed E-state index contributed by atoms with van der Waals surface area (Å²) in [4.78, 5) is 0. The molecule has 0 atom stereocenters. The van der Waals surface area contributed by atoms with Crippen molar-refractivity contribution in [2.24, 2.45) is 5.41 Å². The summed E-state index contributed by atoms with van der Waals surface area (Å²) in [5, 5.41) is 6.72. The molecule has 1 saturated carbocycles. The average Bonchev–Trinajstić information content (AvgIpc) is 2.73. The summed E-state index contributed by atoms with van der Waals surface area (Å²) in [5.41, 5.74) is 0.552. The summed E-state index contributed by atoms with van der Waals surface area (Å²) in [5.74, 6) is 0. The molecule has 2 rings (SSSR count). The monoisotopic (exact) mass is 197 g/mol. The Morgan fingerprint density at radius 2 is 2.46 bits per heavy atom. The first-order valence-corrected chi connectivity index (χ1v) is 5.26. The molecule has 0 bridgehead atoms. The minimum Gasteiger partial charge on any atom is -0.306 e. The predicted octanol–water partition coefficient (Wildman–Crippen LogP) is 2.52. The first-order chi connectivity index (χ1) is 6.26. The van der Waals surface area contributed by atoms with Gasteiger partial charge >= 0.3 is 0 Å². The van der Waals surface area contributed by atoms with Crippen molar-refractivity contribution in [1.29, 1.82) is 0 Å². The summed E-state index contributed by atoms with van der Waals surface area (Å²) in [6.45, 7) is 3.30. The van der Waals surface area contributed by atoms with Crippen LogP contribution in [0.5, 0.6) is 0 Å². The van der Waals surface area contributed by atoms with Gasteiger partial charge in [0.15, 0.2) is 4.77 Å². The maximum Gasteiger partial charge on any atom is 0.194 e. The van der Waals surface area contributed by atoms with Crippen LogP contribution in [0.25, 0.3) is 0 Å². The molecule has 0 radical (unpaired) electrons. The Morgan fingerprint density at radius 3 is 2.92 bits per heavy atom. The van der Waals surface area contributed by atoms with Gasteiger partial charge in [0.25, 0.3) is 0 Å². The zero-order valence-electron chi connectivity index (χ0n) is 7.92. The van der Waals surface area contributed by atoms with Crippen LogP contribution < -0.4 is 0 Å². The lowest BCUT2D eigenvalue weighted by Gasteiger charge is -2.13. The highest BCUT2D eigenvalue weighted by Crippen LogP contribution is 2.50. The van der Waals surface area contributed by atoms with Crippen LogP contribution in [0.3, 0.4) is 0 Å². The van der Waals surface area contributed by atoms with E-state index < -0.39 is 0 Å². The van der Waals surface area contributed by atoms with Gasteiger partial charge in [0, 0.05) is 6.54 Å². The number of H-pyrrole nitrogens is 1. The Morgan fingerprint density at radius 1 is 1.69 bits per heavy atom. The molecule has 0 aliphatic heterocycles. The molecular formula is C9H15N3S. The first kappa shape index (κ1) is 8.94. The molecule has 1 aliphatic rings. The van der Waals surface area contributed by atoms with E-state index >= 15 is 0 Å². The smallest absolute Gasteiger partial charge is 0.194 e. The van der Waals surface area contributed by atoms with Gasteiger partial charge in [-0.2, -0.15) is 5.10 Å². The third-order valence-electron chi connectivity index (χ3n) is 2.86. The molecule has 0 amide bonds. The zero-order valence-corrected chi connectivity index (χ0v) is 8.73. The van der Waals surface area contributed by atoms with Crippen molar-refractivity contribution in [2.45, 2.75) is 39.2 Å². The van der Waals surface area contributed by atoms with E-state index in [4.69, 9.17) is 12.2 Å². The first-order valence-electron chi connectivity index (χ1n) is 4.86. The topological polar surface area (TPSA) is 33.6 Å². The van der Waals surface area contributed by atoms with E-state index in [-0.39, 0.29) is 0 Å². The molecule has 13 heavy (non-hydrogen) atoms. The van der Waals surface area contributed by atoms with Crippen LogP contribution in [-0.2, 0) is 6.54 Å². The van der Waals surface area contributed by atoms with Crippen molar-refractivity contribution >= 4 is 12.2 Å². The van der Waals surface area contributed by atoms with E-state index in [1.165, 1.54) is 25.7 Å². The van der Waals surface area contributed by atoms with E-state index in [2.05, 4.69) is 21.7 Å². The molecule has 0 spiro atoms. The molecule has 1 heterocycles. The molecule has 3 nitrogen and oxygen atoms in total. The van der Waals surface area contributed by atoms with Crippen LogP contribution in [0, 0.1) is 10.2 Å². The molecule has 0 unspecified atom stereocenters. The molecule has 72 valence electrons. The molecule has 0 aromatic carbocycles. The fraction of sp³-hybridized carbons (Fsp3) is 0.778. The van der Waals surface area contributed by atoms with E-state index in [1.807, 2.05) is 0 Å². The highest BCUT2D eigenvalue weighted by Gasteiger charge is 2.41. The Kier molecular flexibility index (Phi) is 2.24. The SMILES string of the molecule is CCCC1(Cn2cn[nH]c2=S)CC1. The number of hydrogen-bond acceptors (Lipinski definition) is 2. The van der Waals surface area contributed by atoms with Crippen molar-refractivity contribution in [1.82, 2.24) is 14.8 Å². The third kappa shape index (κ3) is 1.82. The lowest BCUT2D eigenvalue weighted by atomic mass is 10.0. The third-order valence-corrected chi connectivity index (χ3v) is 3.19. The lowest BCUT2D eigenvalue weighted by molar-refractivity contribution is 0.385. The summed E-state index contributed by atoms with van der Waals surface area (Å²) in [7, 11) is 0. The normalized spacial score (nSPS) is 18.8. The molecule has 1 fully saturated rings. The lowest BCUT2D eigenvalue weighted by Crippen LogP contribution is -2.10. The Labute approximate surface area is 83.2 Å². The number of hydrogen-bond donors (Lipinski definition) is 1. The zero-order chi connectivity index (χ0) is 9.31. The van der Waals surface area contributed by atoms with Gasteiger partial charge < -0.3 is 4.57 Å². The fourth-order valence-corrected chi connectivity index (χ4v) is 2.10. The fourth-order valence-electron chi connectivity index (χ4n) is 1.94. The Hall–Kier alpha value is -0.640. The van der Waals surface area contributed by atoms with Gasteiger partial charge in [0.1, 0.15) is 6.33 Å². The van der Waals surface area contributed by atoms with E-state index in [1.54, 1.807) is 6.33 Å². The second-order valence-corrected chi connectivity index (χ2v) is 4.43. The molecule has 1 aliphatic carbocycles. The van der Waals surface area contributed by atoms with Gasteiger partial charge in [-0.25, -0.2) is 0 Å². The summed E-state index contributed by atoms with van der Waals surface area (Å²) in [6, 6.07) is 0. The number of aromatic nitrogens is 3. The van der Waals surface area contributed by atoms with Gasteiger partial charge in [0.05, 0.1) is 0 Å². The van der Waals surface area contributed by atoms with Crippen molar-refractivity contribution in [2.75, 3.05) is 0 Å². The van der Waals surface area contributed by atoms with Crippen LogP contribution in [-0.4, -0.2) is 14.8 Å². The van der Waals surface area contributed by atoms with E-state index in [0.717, 1.165) is 11.3 Å². The Balaban J connectivity index is 2.06. The highest BCUT2D eigenvalue weighted by atomic mass is 32.1. The summed E-state index contributed by atoms with van der Waals surface area (Å²) < 4.78 is 2.81. The van der Waals surface area contributed by atoms with Gasteiger partial charge in [-0.05, 0) is 36.9 Å². The number of aromatic amines is 1. The van der Waals surface area contributed by atoms with Gasteiger partial charge in [0.2, 0.25) is 0 Å². The van der Waals surface area contributed by atoms with Crippen molar-refractivity contribution in [3.8, 4) is 0 Å². The molecule has 1 aromatic rings. The Bertz CT molecular complexity index is 335. The van der Waals surface area contributed by atoms with Gasteiger partial charge in [-0.3, -0.25) is 5.10 Å². The van der Waals surface area contributed by atoms with E-state index in [9.17, 15) is 0 Å². The van der Waals surface area contributed by atoms with Crippen molar-refractivity contribution in [3.05, 3.63) is 11.1 Å². The molecule has 4 heteroatoms. The molecule has 1 aromatic heterocycles. The predicted molar refractivity (Wildman–Crippen MR) is 54.0 cm³/mol. The van der Waals surface area contributed by atoms with E-state index in [0.29, 0.717) is 5.41 Å². The summed E-state index contributed by atoms with van der Waals surface area (Å²) in [6.07, 6.45) is 7.10. The van der Waals surface area contributed by atoms with Gasteiger partial charge in [-0.1, -0.05) is 13.3 Å². The van der Waals surface area contributed by atoms with Crippen molar-refractivity contribution in [3.63, 3.8) is 0 Å². The molecule has 1 N–H and O–H groups in total. The average molecular weight is 197 g/mol. The van der Waals surface area contributed by atoms with Crippen LogP contribution >= 0.6 is 12.2 Å². The highest BCUT2D eigenvalue weighted by molar-refractivity contribution is 7.71. The maximum absolute atomic E-state index is 5.11. The quantitative estimate of drug-likeness (QED) is 0.752. The standard InChI is InChI=1S/C9H15N3S/c1-2-3-9(4-5-9)6-12-7-10-11-8(12)13/h7H,2-6H2,1H3,(H,11,13). The maximum atomic E-state index is 5.11. The van der Waals surface area contributed by atoms with Gasteiger partial charge in [-0.15, -0.1) is 0 Å². The second kappa shape index (κ2) is 3.25. The molecule has 0 saturated heterocycles. The minimum absolute atomic E-state index is 0.552. The number of nitrogens with one attached hydrogen (secondary N) is 1. The minimum atomic E-state index is 0.552. The number of nitrogens with zero attached hydrogens (tertiary/aromatic N) is 2. The van der Waals surface area contributed by atoms with Crippen molar-refractivity contribution < 1.29 is 0 Å². The van der Waals surface area contributed by atoms with Crippen LogP contribution in [0.4, 0.5) is 0 Å². The summed E-state index contributed by atoms with van der Waals surface area (Å²) >= 11 is 5.11. The number of rotatable bonds is 4. The second-order valence-electron chi connectivity index (χ2n) is 4.04. The largest absolute Gasteiger partial charge is 0.306 e.